The number of benzene rings is 1. The summed E-state index contributed by atoms with van der Waals surface area (Å²) in [4.78, 5) is 11.3. The van der Waals surface area contributed by atoms with E-state index in [1.807, 2.05) is 6.07 Å². The van der Waals surface area contributed by atoms with Crippen molar-refractivity contribution >= 4 is 16.0 Å². The fourth-order valence-electron chi connectivity index (χ4n) is 2.52. The molecule has 0 aromatic heterocycles. The lowest BCUT2D eigenvalue weighted by molar-refractivity contribution is -0.138. The molecule has 0 saturated heterocycles. The minimum Gasteiger partial charge on any atom is -0.480 e. The van der Waals surface area contributed by atoms with Crippen LogP contribution in [0.5, 0.6) is 0 Å². The van der Waals surface area contributed by atoms with Gasteiger partial charge in [-0.1, -0.05) is 43.2 Å². The van der Waals surface area contributed by atoms with Gasteiger partial charge in [-0.25, -0.2) is 13.1 Å². The normalized spacial score (nSPS) is 18.0. The molecular weight excluding hydrogens is 278 g/mol. The zero-order valence-corrected chi connectivity index (χ0v) is 12.0. The molecule has 1 atom stereocenters. The quantitative estimate of drug-likeness (QED) is 0.834. The summed E-state index contributed by atoms with van der Waals surface area (Å²) in [6.45, 7) is 0. The van der Waals surface area contributed by atoms with Crippen LogP contribution in [0.15, 0.2) is 30.3 Å². The van der Waals surface area contributed by atoms with Gasteiger partial charge >= 0.3 is 5.97 Å². The van der Waals surface area contributed by atoms with Gasteiger partial charge in [0.1, 0.15) is 6.04 Å². The molecule has 110 valence electrons. The number of aliphatic carboxylic acids is 1. The molecule has 6 heteroatoms. The van der Waals surface area contributed by atoms with Crippen LogP contribution in [0.2, 0.25) is 0 Å². The van der Waals surface area contributed by atoms with Gasteiger partial charge in [0.15, 0.2) is 0 Å². The maximum absolute atomic E-state index is 12.2. The van der Waals surface area contributed by atoms with Crippen LogP contribution in [0, 0.1) is 0 Å². The van der Waals surface area contributed by atoms with Crippen molar-refractivity contribution < 1.29 is 18.3 Å². The van der Waals surface area contributed by atoms with Gasteiger partial charge in [0.05, 0.1) is 5.25 Å². The van der Waals surface area contributed by atoms with Crippen molar-refractivity contribution in [3.05, 3.63) is 35.9 Å². The van der Waals surface area contributed by atoms with E-state index in [1.165, 1.54) is 0 Å². The number of carbonyl (C=O) groups is 1. The molecule has 1 aliphatic rings. The predicted octanol–water partition coefficient (Wildman–Crippen LogP) is 1.54. The molecule has 0 radical (unpaired) electrons. The second-order valence-electron chi connectivity index (χ2n) is 5.15. The number of rotatable bonds is 6. The first-order valence-corrected chi connectivity index (χ1v) is 8.31. The largest absolute Gasteiger partial charge is 0.480 e. The Labute approximate surface area is 119 Å². The Morgan fingerprint density at radius 3 is 2.40 bits per heavy atom. The first kappa shape index (κ1) is 15.0. The lowest BCUT2D eigenvalue weighted by Gasteiger charge is -2.18. The van der Waals surface area contributed by atoms with Crippen LogP contribution in [0.4, 0.5) is 0 Å². The van der Waals surface area contributed by atoms with E-state index < -0.39 is 27.3 Å². The summed E-state index contributed by atoms with van der Waals surface area (Å²) in [5, 5.41) is 8.77. The summed E-state index contributed by atoms with van der Waals surface area (Å²) in [6.07, 6.45) is 3.17. The van der Waals surface area contributed by atoms with E-state index in [1.54, 1.807) is 24.3 Å². The summed E-state index contributed by atoms with van der Waals surface area (Å²) < 4.78 is 26.7. The SMILES string of the molecule is O=C(O)[C@H](Cc1ccccc1)NS(=O)(=O)C1CCCC1. The minimum atomic E-state index is -3.56. The molecule has 1 aliphatic carbocycles. The second kappa shape index (κ2) is 6.37. The van der Waals surface area contributed by atoms with Crippen LogP contribution in [0.25, 0.3) is 0 Å². The topological polar surface area (TPSA) is 83.5 Å². The molecule has 0 aliphatic heterocycles. The molecule has 5 nitrogen and oxygen atoms in total. The van der Waals surface area contributed by atoms with Crippen molar-refractivity contribution in [1.29, 1.82) is 0 Å². The first-order chi connectivity index (χ1) is 9.49. The van der Waals surface area contributed by atoms with E-state index >= 15 is 0 Å². The Kier molecular flexibility index (Phi) is 4.77. The number of carboxylic acid groups (broad SMARTS) is 1. The van der Waals surface area contributed by atoms with Crippen molar-refractivity contribution in [2.24, 2.45) is 0 Å². The molecule has 1 fully saturated rings. The van der Waals surface area contributed by atoms with Crippen molar-refractivity contribution in [3.8, 4) is 0 Å². The molecule has 1 aromatic carbocycles. The highest BCUT2D eigenvalue weighted by molar-refractivity contribution is 7.90. The Balaban J connectivity index is 2.08. The third-order valence-corrected chi connectivity index (χ3v) is 5.59. The molecule has 20 heavy (non-hydrogen) atoms. The maximum Gasteiger partial charge on any atom is 0.322 e. The van der Waals surface area contributed by atoms with Crippen molar-refractivity contribution in [1.82, 2.24) is 4.72 Å². The average Bonchev–Trinajstić information content (AvgIpc) is 2.93. The predicted molar refractivity (Wildman–Crippen MR) is 75.9 cm³/mol. The summed E-state index contributed by atoms with van der Waals surface area (Å²) in [5.74, 6) is -1.14. The van der Waals surface area contributed by atoms with E-state index in [9.17, 15) is 18.3 Å². The molecule has 1 aromatic rings. The lowest BCUT2D eigenvalue weighted by Crippen LogP contribution is -2.45. The van der Waals surface area contributed by atoms with E-state index in [-0.39, 0.29) is 6.42 Å². The van der Waals surface area contributed by atoms with E-state index in [0.717, 1.165) is 18.4 Å². The van der Waals surface area contributed by atoms with Crippen LogP contribution < -0.4 is 4.72 Å². The van der Waals surface area contributed by atoms with E-state index in [0.29, 0.717) is 12.8 Å². The lowest BCUT2D eigenvalue weighted by atomic mass is 10.1. The molecular formula is C14H19NO4S. The smallest absolute Gasteiger partial charge is 0.322 e. The van der Waals surface area contributed by atoms with Crippen molar-refractivity contribution in [2.45, 2.75) is 43.4 Å². The van der Waals surface area contributed by atoms with Gasteiger partial charge in [-0.05, 0) is 24.8 Å². The third-order valence-electron chi connectivity index (χ3n) is 3.63. The number of nitrogens with one attached hydrogen (secondary N) is 1. The van der Waals surface area contributed by atoms with Crippen molar-refractivity contribution in [2.75, 3.05) is 0 Å². The highest BCUT2D eigenvalue weighted by Gasteiger charge is 2.32. The minimum absolute atomic E-state index is 0.155. The number of hydrogen-bond acceptors (Lipinski definition) is 3. The van der Waals surface area contributed by atoms with E-state index in [2.05, 4.69) is 4.72 Å². The van der Waals surface area contributed by atoms with Gasteiger partial charge in [-0.15, -0.1) is 0 Å². The number of hydrogen-bond donors (Lipinski definition) is 2. The van der Waals surface area contributed by atoms with Gasteiger partial charge in [0.2, 0.25) is 10.0 Å². The van der Waals surface area contributed by atoms with Gasteiger partial charge in [0.25, 0.3) is 0 Å². The Morgan fingerprint density at radius 2 is 1.85 bits per heavy atom. The van der Waals surface area contributed by atoms with Crippen molar-refractivity contribution in [3.63, 3.8) is 0 Å². The molecule has 0 unspecified atom stereocenters. The zero-order valence-electron chi connectivity index (χ0n) is 11.2. The standard InChI is InChI=1S/C14H19NO4S/c16-14(17)13(10-11-6-2-1-3-7-11)15-20(18,19)12-8-4-5-9-12/h1-3,6-7,12-13,15H,4-5,8-10H2,(H,16,17)/t13-/m0/s1. The van der Waals surface area contributed by atoms with Crippen LogP contribution in [0.1, 0.15) is 31.2 Å². The van der Waals surface area contributed by atoms with Gasteiger partial charge in [0, 0.05) is 0 Å². The van der Waals surface area contributed by atoms with Crippen LogP contribution in [-0.2, 0) is 21.2 Å². The van der Waals surface area contributed by atoms with Crippen LogP contribution in [-0.4, -0.2) is 30.8 Å². The molecule has 2 rings (SSSR count). The third kappa shape index (κ3) is 3.80. The first-order valence-electron chi connectivity index (χ1n) is 6.77. The molecule has 0 amide bonds. The zero-order chi connectivity index (χ0) is 14.6. The van der Waals surface area contributed by atoms with Gasteiger partial charge in [-0.3, -0.25) is 4.79 Å². The Bertz CT molecular complexity index is 550. The molecule has 0 spiro atoms. The van der Waals surface area contributed by atoms with Gasteiger partial charge in [-0.2, -0.15) is 0 Å². The van der Waals surface area contributed by atoms with E-state index in [4.69, 9.17) is 0 Å². The summed E-state index contributed by atoms with van der Waals surface area (Å²) in [7, 11) is -3.56. The number of sulfonamides is 1. The van der Waals surface area contributed by atoms with Gasteiger partial charge < -0.3 is 5.11 Å². The molecule has 0 bridgehead atoms. The molecule has 2 N–H and O–H groups in total. The fraction of sp³-hybridized carbons (Fsp3) is 0.500. The Morgan fingerprint density at radius 1 is 1.25 bits per heavy atom. The monoisotopic (exact) mass is 297 g/mol. The summed E-state index contributed by atoms with van der Waals surface area (Å²) in [5.41, 5.74) is 0.800. The van der Waals surface area contributed by atoms with Crippen LogP contribution >= 0.6 is 0 Å². The fourth-order valence-corrected chi connectivity index (χ4v) is 4.25. The Hall–Kier alpha value is -1.40. The maximum atomic E-state index is 12.2. The highest BCUT2D eigenvalue weighted by Crippen LogP contribution is 2.24. The summed E-state index contributed by atoms with van der Waals surface area (Å²) in [6, 6.07) is 7.92. The number of carboxylic acids is 1. The average molecular weight is 297 g/mol. The highest BCUT2D eigenvalue weighted by atomic mass is 32.2. The van der Waals surface area contributed by atoms with Crippen LogP contribution in [0.3, 0.4) is 0 Å². The molecule has 0 heterocycles. The molecule has 1 saturated carbocycles. The summed E-state index contributed by atoms with van der Waals surface area (Å²) >= 11 is 0. The second-order valence-corrected chi connectivity index (χ2v) is 7.14.